The van der Waals surface area contributed by atoms with Gasteiger partial charge in [0.05, 0.1) is 6.04 Å². The minimum atomic E-state index is 0.157. The summed E-state index contributed by atoms with van der Waals surface area (Å²) in [5, 5.41) is 0. The molecule has 0 saturated heterocycles. The van der Waals surface area contributed by atoms with Crippen molar-refractivity contribution < 1.29 is 0 Å². The van der Waals surface area contributed by atoms with Gasteiger partial charge in [-0.2, -0.15) is 0 Å². The average Bonchev–Trinajstić information content (AvgIpc) is 2.39. The summed E-state index contributed by atoms with van der Waals surface area (Å²) in [4.78, 5) is 4.17. The number of hydrogen-bond acceptors (Lipinski definition) is 2. The second kappa shape index (κ2) is 1.83. The van der Waals surface area contributed by atoms with Crippen molar-refractivity contribution in [1.82, 2.24) is 9.55 Å². The Morgan fingerprint density at radius 2 is 2.60 bits per heavy atom. The maximum atomic E-state index is 5.80. The van der Waals surface area contributed by atoms with Crippen molar-refractivity contribution in [2.45, 2.75) is 25.4 Å². The summed E-state index contributed by atoms with van der Waals surface area (Å²) in [6, 6.07) is 0.692. The molecule has 10 heavy (non-hydrogen) atoms. The van der Waals surface area contributed by atoms with E-state index in [2.05, 4.69) is 16.5 Å². The molecule has 1 aliphatic rings. The van der Waals surface area contributed by atoms with E-state index in [0.717, 1.165) is 12.2 Å². The van der Waals surface area contributed by atoms with E-state index >= 15 is 0 Å². The molecule has 0 radical (unpaired) electrons. The van der Waals surface area contributed by atoms with Crippen molar-refractivity contribution in [3.8, 4) is 0 Å². The van der Waals surface area contributed by atoms with Gasteiger partial charge in [-0.25, -0.2) is 4.98 Å². The molecular formula is C7H11N3. The molecule has 2 rings (SSSR count). The number of aromatic nitrogens is 2. The summed E-state index contributed by atoms with van der Waals surface area (Å²) in [7, 11) is 0. The van der Waals surface area contributed by atoms with Crippen LogP contribution in [0.5, 0.6) is 0 Å². The van der Waals surface area contributed by atoms with Gasteiger partial charge in [0, 0.05) is 18.4 Å². The van der Waals surface area contributed by atoms with Crippen LogP contribution in [0.3, 0.4) is 0 Å². The zero-order valence-electron chi connectivity index (χ0n) is 5.99. The van der Waals surface area contributed by atoms with E-state index in [4.69, 9.17) is 5.73 Å². The fraction of sp³-hybridized carbons (Fsp3) is 0.571. The zero-order valence-corrected chi connectivity index (χ0v) is 5.99. The van der Waals surface area contributed by atoms with E-state index < -0.39 is 0 Å². The van der Waals surface area contributed by atoms with Crippen LogP contribution in [0.1, 0.15) is 31.3 Å². The van der Waals surface area contributed by atoms with Crippen molar-refractivity contribution in [3.63, 3.8) is 0 Å². The predicted molar refractivity (Wildman–Crippen MR) is 38.5 cm³/mol. The van der Waals surface area contributed by atoms with Crippen LogP contribution < -0.4 is 5.73 Å². The van der Waals surface area contributed by atoms with Crippen LogP contribution in [-0.2, 0) is 0 Å². The molecule has 0 unspecified atom stereocenters. The minimum Gasteiger partial charge on any atom is -0.331 e. The monoisotopic (exact) mass is 137 g/mol. The van der Waals surface area contributed by atoms with Crippen LogP contribution in [0, 0.1) is 0 Å². The Balaban J connectivity index is 2.48. The van der Waals surface area contributed by atoms with Crippen LogP contribution >= 0.6 is 0 Å². The first-order chi connectivity index (χ1) is 4.79. The standard InChI is InChI=1S/C7H11N3/c1-5-4-6(8)7-9-2-3-10(5)7/h2-3,5-6H,4,8H2,1H3/t5-,6+/m0/s1. The molecule has 0 fully saturated rings. The molecule has 3 nitrogen and oxygen atoms in total. The second-order valence-corrected chi connectivity index (χ2v) is 2.88. The lowest BCUT2D eigenvalue weighted by molar-refractivity contribution is 0.554. The SMILES string of the molecule is C[C@H]1C[C@@H](N)c2nccn21. The largest absolute Gasteiger partial charge is 0.331 e. The van der Waals surface area contributed by atoms with Crippen molar-refractivity contribution in [3.05, 3.63) is 18.2 Å². The normalized spacial score (nSPS) is 30.6. The van der Waals surface area contributed by atoms with Crippen LogP contribution in [0.2, 0.25) is 0 Å². The lowest BCUT2D eigenvalue weighted by Gasteiger charge is -2.02. The molecule has 0 amide bonds. The molecule has 2 N–H and O–H groups in total. The highest BCUT2D eigenvalue weighted by molar-refractivity contribution is 5.06. The van der Waals surface area contributed by atoms with E-state index in [0.29, 0.717) is 6.04 Å². The Hall–Kier alpha value is -0.830. The van der Waals surface area contributed by atoms with Gasteiger partial charge in [0.25, 0.3) is 0 Å². The number of rotatable bonds is 0. The van der Waals surface area contributed by atoms with Gasteiger partial charge < -0.3 is 10.3 Å². The minimum absolute atomic E-state index is 0.157. The number of imidazole rings is 1. The van der Waals surface area contributed by atoms with E-state index in [1.807, 2.05) is 12.4 Å². The van der Waals surface area contributed by atoms with Crippen LogP contribution in [0.25, 0.3) is 0 Å². The van der Waals surface area contributed by atoms with Crippen LogP contribution in [0.15, 0.2) is 12.4 Å². The first kappa shape index (κ1) is 5.92. The third-order valence-electron chi connectivity index (χ3n) is 2.10. The van der Waals surface area contributed by atoms with Crippen LogP contribution in [-0.4, -0.2) is 9.55 Å². The summed E-state index contributed by atoms with van der Waals surface area (Å²) < 4.78 is 2.14. The Bertz CT molecular complexity index is 218. The lowest BCUT2D eigenvalue weighted by atomic mass is 10.2. The molecule has 1 aromatic rings. The van der Waals surface area contributed by atoms with Gasteiger partial charge in [0.2, 0.25) is 0 Å². The first-order valence-electron chi connectivity index (χ1n) is 3.57. The molecule has 54 valence electrons. The first-order valence-corrected chi connectivity index (χ1v) is 3.57. The Labute approximate surface area is 59.9 Å². The fourth-order valence-electron chi connectivity index (χ4n) is 1.57. The van der Waals surface area contributed by atoms with Gasteiger partial charge >= 0.3 is 0 Å². The third-order valence-corrected chi connectivity index (χ3v) is 2.10. The lowest BCUT2D eigenvalue weighted by Crippen LogP contribution is -2.06. The third kappa shape index (κ3) is 0.609. The molecule has 1 aliphatic heterocycles. The molecule has 0 aromatic carbocycles. The summed E-state index contributed by atoms with van der Waals surface area (Å²) in [5.74, 6) is 1.03. The fourth-order valence-corrected chi connectivity index (χ4v) is 1.57. The maximum absolute atomic E-state index is 5.80. The molecule has 0 spiro atoms. The molecule has 2 atom stereocenters. The van der Waals surface area contributed by atoms with E-state index in [1.54, 1.807) is 0 Å². The average molecular weight is 137 g/mol. The summed E-state index contributed by atoms with van der Waals surface area (Å²) in [6.45, 7) is 2.16. The quantitative estimate of drug-likeness (QED) is 0.576. The van der Waals surface area contributed by atoms with Gasteiger partial charge in [-0.3, -0.25) is 0 Å². The van der Waals surface area contributed by atoms with Gasteiger partial charge in [0.15, 0.2) is 0 Å². The number of nitrogens with zero attached hydrogens (tertiary/aromatic N) is 2. The highest BCUT2D eigenvalue weighted by Gasteiger charge is 2.25. The second-order valence-electron chi connectivity index (χ2n) is 2.88. The Morgan fingerprint density at radius 3 is 3.30 bits per heavy atom. The molecule has 0 bridgehead atoms. The number of fused-ring (bicyclic) bond motifs is 1. The molecule has 0 aliphatic carbocycles. The Kier molecular flexibility index (Phi) is 1.08. The topological polar surface area (TPSA) is 43.8 Å². The van der Waals surface area contributed by atoms with E-state index in [9.17, 15) is 0 Å². The molecule has 0 saturated carbocycles. The Morgan fingerprint density at radius 1 is 1.80 bits per heavy atom. The van der Waals surface area contributed by atoms with E-state index in [-0.39, 0.29) is 6.04 Å². The van der Waals surface area contributed by atoms with Crippen molar-refractivity contribution >= 4 is 0 Å². The molecule has 2 heterocycles. The van der Waals surface area contributed by atoms with Gasteiger partial charge in [-0.15, -0.1) is 0 Å². The van der Waals surface area contributed by atoms with Crippen molar-refractivity contribution in [2.24, 2.45) is 5.73 Å². The molecular weight excluding hydrogens is 126 g/mol. The van der Waals surface area contributed by atoms with Gasteiger partial charge in [0.1, 0.15) is 5.82 Å². The number of hydrogen-bond donors (Lipinski definition) is 1. The highest BCUT2D eigenvalue weighted by atomic mass is 15.1. The predicted octanol–water partition coefficient (Wildman–Crippen LogP) is 0.848. The van der Waals surface area contributed by atoms with Crippen molar-refractivity contribution in [2.75, 3.05) is 0 Å². The molecule has 3 heteroatoms. The van der Waals surface area contributed by atoms with E-state index in [1.165, 1.54) is 0 Å². The highest BCUT2D eigenvalue weighted by Crippen LogP contribution is 2.30. The van der Waals surface area contributed by atoms with Crippen molar-refractivity contribution in [1.29, 1.82) is 0 Å². The van der Waals surface area contributed by atoms with Crippen LogP contribution in [0.4, 0.5) is 0 Å². The summed E-state index contributed by atoms with van der Waals surface area (Å²) in [6.07, 6.45) is 4.83. The zero-order chi connectivity index (χ0) is 7.14. The summed E-state index contributed by atoms with van der Waals surface area (Å²) in [5.41, 5.74) is 5.80. The van der Waals surface area contributed by atoms with Gasteiger partial charge in [-0.05, 0) is 13.3 Å². The number of nitrogens with two attached hydrogens (primary N) is 1. The molecule has 1 aromatic heterocycles. The van der Waals surface area contributed by atoms with Gasteiger partial charge in [-0.1, -0.05) is 0 Å². The summed E-state index contributed by atoms with van der Waals surface area (Å²) >= 11 is 0. The maximum Gasteiger partial charge on any atom is 0.125 e. The smallest absolute Gasteiger partial charge is 0.125 e.